The summed E-state index contributed by atoms with van der Waals surface area (Å²) < 4.78 is 14.0. The zero-order chi connectivity index (χ0) is 10.0. The molecule has 1 aromatic rings. The second-order valence-corrected chi connectivity index (χ2v) is 3.91. The molecule has 3 heteroatoms. The van der Waals surface area contributed by atoms with Gasteiger partial charge in [0.2, 0.25) is 0 Å². The van der Waals surface area contributed by atoms with Gasteiger partial charge < -0.3 is 0 Å². The minimum Gasteiger partial charge on any atom is -0.299 e. The van der Waals surface area contributed by atoms with Crippen molar-refractivity contribution in [2.45, 2.75) is 19.8 Å². The molecule has 0 spiro atoms. The summed E-state index contributed by atoms with van der Waals surface area (Å²) >= 11 is 3.24. The second-order valence-electron chi connectivity index (χ2n) is 3.00. The lowest BCUT2D eigenvalue weighted by atomic mass is 9.97. The molecule has 0 saturated heterocycles. The number of benzene rings is 1. The van der Waals surface area contributed by atoms with Gasteiger partial charge in [-0.05, 0) is 30.7 Å². The number of rotatable bonds is 2. The van der Waals surface area contributed by atoms with Crippen molar-refractivity contribution in [2.24, 2.45) is 0 Å². The van der Waals surface area contributed by atoms with Crippen molar-refractivity contribution in [3.8, 4) is 0 Å². The summed E-state index contributed by atoms with van der Waals surface area (Å²) in [6, 6.07) is 4.62. The molecule has 1 nitrogen and oxygen atoms in total. The van der Waals surface area contributed by atoms with E-state index in [0.717, 1.165) is 4.47 Å². The van der Waals surface area contributed by atoms with Crippen molar-refractivity contribution in [1.29, 1.82) is 0 Å². The van der Waals surface area contributed by atoms with Crippen molar-refractivity contribution in [3.05, 3.63) is 34.1 Å². The third-order valence-electron chi connectivity index (χ3n) is 2.03. The maximum atomic E-state index is 13.2. The minimum absolute atomic E-state index is 0.0306. The average molecular weight is 245 g/mol. The summed E-state index contributed by atoms with van der Waals surface area (Å²) in [5.74, 6) is -0.736. The molecular weight excluding hydrogens is 235 g/mol. The first-order valence-electron chi connectivity index (χ1n) is 3.97. The molecule has 0 N–H and O–H groups in total. The van der Waals surface area contributed by atoms with E-state index >= 15 is 0 Å². The van der Waals surface area contributed by atoms with Crippen LogP contribution in [0.1, 0.15) is 25.3 Å². The molecule has 0 aliphatic heterocycles. The Kier molecular flexibility index (Phi) is 3.20. The highest BCUT2D eigenvalue weighted by atomic mass is 79.9. The maximum Gasteiger partial charge on any atom is 0.137 e. The summed E-state index contributed by atoms with van der Waals surface area (Å²) in [5.41, 5.74) is 0.446. The monoisotopic (exact) mass is 244 g/mol. The Morgan fingerprint density at radius 1 is 1.54 bits per heavy atom. The van der Waals surface area contributed by atoms with Crippen molar-refractivity contribution < 1.29 is 9.18 Å². The molecule has 70 valence electrons. The van der Waals surface area contributed by atoms with Crippen LogP contribution < -0.4 is 0 Å². The van der Waals surface area contributed by atoms with E-state index in [1.165, 1.54) is 13.0 Å². The molecule has 1 aromatic carbocycles. The Bertz CT molecular complexity index is 336. The zero-order valence-corrected chi connectivity index (χ0v) is 9.06. The molecule has 0 bridgehead atoms. The number of hydrogen-bond acceptors (Lipinski definition) is 1. The lowest BCUT2D eigenvalue weighted by Crippen LogP contribution is -2.06. The van der Waals surface area contributed by atoms with Crippen LogP contribution in [0.5, 0.6) is 0 Å². The number of carbonyl (C=O) groups is 1. The summed E-state index contributed by atoms with van der Waals surface area (Å²) in [5, 5.41) is 0. The van der Waals surface area contributed by atoms with Gasteiger partial charge in [-0.25, -0.2) is 4.39 Å². The smallest absolute Gasteiger partial charge is 0.137 e. The summed E-state index contributed by atoms with van der Waals surface area (Å²) in [7, 11) is 0. The van der Waals surface area contributed by atoms with Gasteiger partial charge in [0.25, 0.3) is 0 Å². The van der Waals surface area contributed by atoms with E-state index in [-0.39, 0.29) is 17.5 Å². The van der Waals surface area contributed by atoms with Gasteiger partial charge >= 0.3 is 0 Å². The molecular formula is C10H10BrFO. The van der Waals surface area contributed by atoms with Crippen LogP contribution in [0.15, 0.2) is 22.7 Å². The van der Waals surface area contributed by atoms with Crippen LogP contribution >= 0.6 is 15.9 Å². The van der Waals surface area contributed by atoms with E-state index in [9.17, 15) is 9.18 Å². The number of ketones is 1. The molecule has 0 fully saturated rings. The molecule has 0 radical (unpaired) electrons. The molecule has 0 amide bonds. The third-order valence-corrected chi connectivity index (χ3v) is 2.53. The number of halogens is 2. The lowest BCUT2D eigenvalue weighted by Gasteiger charge is -2.09. The predicted octanol–water partition coefficient (Wildman–Crippen LogP) is 3.28. The van der Waals surface area contributed by atoms with Gasteiger partial charge in [0, 0.05) is 10.4 Å². The summed E-state index contributed by atoms with van der Waals surface area (Å²) in [4.78, 5) is 11.0. The Hall–Kier alpha value is -0.700. The van der Waals surface area contributed by atoms with Crippen LogP contribution in [-0.4, -0.2) is 5.78 Å². The second kappa shape index (κ2) is 4.01. The fourth-order valence-electron chi connectivity index (χ4n) is 1.07. The van der Waals surface area contributed by atoms with Crippen molar-refractivity contribution in [3.63, 3.8) is 0 Å². The van der Waals surface area contributed by atoms with E-state index in [1.54, 1.807) is 19.1 Å². The molecule has 1 unspecified atom stereocenters. The third kappa shape index (κ3) is 2.37. The first kappa shape index (κ1) is 10.4. The van der Waals surface area contributed by atoms with Gasteiger partial charge in [0.1, 0.15) is 11.6 Å². The predicted molar refractivity (Wildman–Crippen MR) is 53.2 cm³/mol. The van der Waals surface area contributed by atoms with Crippen LogP contribution in [0, 0.1) is 5.82 Å². The molecule has 0 aliphatic carbocycles. The van der Waals surface area contributed by atoms with E-state index in [1.807, 2.05) is 0 Å². The standard InChI is InChI=1S/C10H10BrFO/c1-6(7(2)13)9-5-8(11)3-4-10(9)12/h3-6H,1-2H3. The largest absolute Gasteiger partial charge is 0.299 e. The van der Waals surface area contributed by atoms with Gasteiger partial charge in [0.15, 0.2) is 0 Å². The Balaban J connectivity index is 3.12. The molecule has 1 rings (SSSR count). The first-order chi connectivity index (χ1) is 6.02. The SMILES string of the molecule is CC(=O)C(C)c1cc(Br)ccc1F. The van der Waals surface area contributed by atoms with Crippen LogP contribution in [0.3, 0.4) is 0 Å². The summed E-state index contributed by atoms with van der Waals surface area (Å²) in [6.45, 7) is 3.16. The lowest BCUT2D eigenvalue weighted by molar-refractivity contribution is -0.118. The van der Waals surface area contributed by atoms with Crippen molar-refractivity contribution in [1.82, 2.24) is 0 Å². The Labute approximate surface area is 85.1 Å². The quantitative estimate of drug-likeness (QED) is 0.781. The highest BCUT2D eigenvalue weighted by Crippen LogP contribution is 2.23. The van der Waals surface area contributed by atoms with Crippen LogP contribution in [0.2, 0.25) is 0 Å². The van der Waals surface area contributed by atoms with Crippen LogP contribution in [0.25, 0.3) is 0 Å². The molecule has 0 heterocycles. The van der Waals surface area contributed by atoms with Crippen LogP contribution in [-0.2, 0) is 4.79 Å². The fraction of sp³-hybridized carbons (Fsp3) is 0.300. The number of hydrogen-bond donors (Lipinski definition) is 0. The molecule has 0 aromatic heterocycles. The first-order valence-corrected chi connectivity index (χ1v) is 4.77. The number of Topliss-reactive ketones (excluding diaryl/α,β-unsaturated/α-hetero) is 1. The topological polar surface area (TPSA) is 17.1 Å². The van der Waals surface area contributed by atoms with E-state index < -0.39 is 0 Å². The minimum atomic E-state index is -0.377. The number of carbonyl (C=O) groups excluding carboxylic acids is 1. The summed E-state index contributed by atoms with van der Waals surface area (Å²) in [6.07, 6.45) is 0. The highest BCUT2D eigenvalue weighted by molar-refractivity contribution is 9.10. The van der Waals surface area contributed by atoms with Gasteiger partial charge in [-0.15, -0.1) is 0 Å². The van der Waals surface area contributed by atoms with E-state index in [0.29, 0.717) is 5.56 Å². The fourth-order valence-corrected chi connectivity index (χ4v) is 1.44. The van der Waals surface area contributed by atoms with Crippen LogP contribution in [0.4, 0.5) is 4.39 Å². The molecule has 0 saturated carbocycles. The van der Waals surface area contributed by atoms with E-state index in [4.69, 9.17) is 0 Å². The normalized spacial score (nSPS) is 12.6. The zero-order valence-electron chi connectivity index (χ0n) is 7.47. The molecule has 13 heavy (non-hydrogen) atoms. The van der Waals surface area contributed by atoms with E-state index in [2.05, 4.69) is 15.9 Å². The van der Waals surface area contributed by atoms with Gasteiger partial charge in [-0.2, -0.15) is 0 Å². The maximum absolute atomic E-state index is 13.2. The Morgan fingerprint density at radius 2 is 2.15 bits per heavy atom. The Morgan fingerprint density at radius 3 is 2.69 bits per heavy atom. The van der Waals surface area contributed by atoms with Gasteiger partial charge in [-0.1, -0.05) is 22.9 Å². The highest BCUT2D eigenvalue weighted by Gasteiger charge is 2.14. The average Bonchev–Trinajstić information content (AvgIpc) is 2.08. The van der Waals surface area contributed by atoms with Crippen molar-refractivity contribution in [2.75, 3.05) is 0 Å². The van der Waals surface area contributed by atoms with Gasteiger partial charge in [-0.3, -0.25) is 4.79 Å². The van der Waals surface area contributed by atoms with Crippen molar-refractivity contribution >= 4 is 21.7 Å². The van der Waals surface area contributed by atoms with Gasteiger partial charge in [0.05, 0.1) is 0 Å². The molecule has 0 aliphatic rings. The molecule has 1 atom stereocenters.